The maximum Gasteiger partial charge on any atom is 0.393 e. The fourth-order valence-corrected chi connectivity index (χ4v) is 3.21. The molecule has 4 rings (SSSR count). The van der Waals surface area contributed by atoms with E-state index in [1.807, 2.05) is 0 Å². The quantitative estimate of drug-likeness (QED) is 0.412. The highest BCUT2D eigenvalue weighted by Gasteiger charge is 2.32. The molecule has 0 unspecified atom stereocenters. The van der Waals surface area contributed by atoms with Gasteiger partial charge in [-0.15, -0.1) is 0 Å². The van der Waals surface area contributed by atoms with Crippen LogP contribution in [-0.2, 0) is 11.2 Å². The number of carbonyl (C=O) groups is 1. The molecular weight excluding hydrogens is 380 g/mol. The minimum absolute atomic E-state index is 0.0220. The zero-order valence-electron chi connectivity index (χ0n) is 14.3. The number of H-pyrrole nitrogens is 1. The lowest BCUT2D eigenvalue weighted by Crippen LogP contribution is -2.14. The maximum absolute atomic E-state index is 14.9. The molecular formula is C17H12F4N6O. The smallest absolute Gasteiger partial charge is 0.312 e. The van der Waals surface area contributed by atoms with E-state index in [1.165, 1.54) is 25.5 Å². The van der Waals surface area contributed by atoms with Gasteiger partial charge in [0.2, 0.25) is 6.41 Å². The first-order valence-electron chi connectivity index (χ1n) is 8.04. The van der Waals surface area contributed by atoms with Gasteiger partial charge in [-0.05, 0) is 12.5 Å². The summed E-state index contributed by atoms with van der Waals surface area (Å²) in [5.41, 5.74) is 0.611. The number of halogens is 4. The first kappa shape index (κ1) is 17.9. The maximum atomic E-state index is 14.9. The lowest BCUT2D eigenvalue weighted by Gasteiger charge is -2.14. The predicted octanol–water partition coefficient (Wildman–Crippen LogP) is 3.39. The Morgan fingerprint density at radius 1 is 1.29 bits per heavy atom. The van der Waals surface area contributed by atoms with E-state index >= 15 is 0 Å². The molecule has 0 fully saturated rings. The van der Waals surface area contributed by atoms with Gasteiger partial charge in [0.1, 0.15) is 5.82 Å². The fraction of sp³-hybridized carbons (Fsp3) is 0.176. The number of fused-ring (bicyclic) bond motifs is 2. The molecule has 11 heteroatoms. The van der Waals surface area contributed by atoms with Crippen LogP contribution in [0.3, 0.4) is 0 Å². The number of nitrogens with zero attached hydrogens (tertiary/aromatic N) is 4. The van der Waals surface area contributed by atoms with Crippen molar-refractivity contribution in [2.24, 2.45) is 0 Å². The van der Waals surface area contributed by atoms with Crippen LogP contribution in [0.4, 0.5) is 23.4 Å². The fourth-order valence-electron chi connectivity index (χ4n) is 3.21. The van der Waals surface area contributed by atoms with Gasteiger partial charge in [-0.25, -0.2) is 9.37 Å². The lowest BCUT2D eigenvalue weighted by molar-refractivity contribution is -0.127. The van der Waals surface area contributed by atoms with E-state index in [-0.39, 0.29) is 11.1 Å². The number of aromatic nitrogens is 5. The number of benzene rings is 1. The highest BCUT2D eigenvalue weighted by Crippen LogP contribution is 2.37. The number of imidazole rings is 1. The summed E-state index contributed by atoms with van der Waals surface area (Å²) in [5, 5.41) is 9.00. The van der Waals surface area contributed by atoms with Crippen molar-refractivity contribution in [1.29, 1.82) is 0 Å². The Hall–Kier alpha value is -3.50. The summed E-state index contributed by atoms with van der Waals surface area (Å²) in [6.07, 6.45) is 0.343. The average Bonchev–Trinajstić information content (AvgIpc) is 3.24. The van der Waals surface area contributed by atoms with E-state index in [1.54, 1.807) is 10.6 Å². The van der Waals surface area contributed by atoms with Crippen molar-refractivity contribution in [2.45, 2.75) is 19.5 Å². The third-order valence-corrected chi connectivity index (χ3v) is 4.36. The van der Waals surface area contributed by atoms with E-state index in [0.29, 0.717) is 34.5 Å². The van der Waals surface area contributed by atoms with Gasteiger partial charge in [-0.3, -0.25) is 14.9 Å². The van der Waals surface area contributed by atoms with Gasteiger partial charge in [0.15, 0.2) is 11.5 Å². The second-order valence-electron chi connectivity index (χ2n) is 6.17. The number of alkyl halides is 3. The van der Waals surface area contributed by atoms with Crippen molar-refractivity contribution in [1.82, 2.24) is 24.6 Å². The summed E-state index contributed by atoms with van der Waals surface area (Å²) in [7, 11) is 0. The van der Waals surface area contributed by atoms with Gasteiger partial charge in [-0.2, -0.15) is 18.3 Å². The van der Waals surface area contributed by atoms with Crippen molar-refractivity contribution < 1.29 is 22.4 Å². The number of aromatic amines is 1. The van der Waals surface area contributed by atoms with Crippen molar-refractivity contribution in [3.63, 3.8) is 0 Å². The number of hydrogen-bond donors (Lipinski definition) is 2. The molecule has 0 radical (unpaired) electrons. The second-order valence-corrected chi connectivity index (χ2v) is 6.17. The number of anilines is 1. The number of carbonyl (C=O) groups excluding carboxylic acids is 1. The van der Waals surface area contributed by atoms with E-state index in [2.05, 4.69) is 25.5 Å². The van der Waals surface area contributed by atoms with Crippen LogP contribution < -0.4 is 5.32 Å². The topological polar surface area (TPSA) is 88.0 Å². The molecule has 0 aliphatic heterocycles. The van der Waals surface area contributed by atoms with E-state index in [0.717, 1.165) is 0 Å². The van der Waals surface area contributed by atoms with Gasteiger partial charge in [0, 0.05) is 22.7 Å². The molecule has 0 saturated heterocycles. The van der Waals surface area contributed by atoms with Crippen LogP contribution in [-0.4, -0.2) is 37.2 Å². The van der Waals surface area contributed by atoms with Crippen LogP contribution in [0.25, 0.3) is 27.8 Å². The zero-order chi connectivity index (χ0) is 20.1. The summed E-state index contributed by atoms with van der Waals surface area (Å²) in [6.45, 7) is 1.40. The van der Waals surface area contributed by atoms with Crippen molar-refractivity contribution >= 4 is 28.8 Å². The molecule has 144 valence electrons. The van der Waals surface area contributed by atoms with E-state index in [4.69, 9.17) is 0 Å². The van der Waals surface area contributed by atoms with Crippen LogP contribution in [0.2, 0.25) is 0 Å². The Morgan fingerprint density at radius 2 is 2.07 bits per heavy atom. The van der Waals surface area contributed by atoms with Gasteiger partial charge in [0.05, 0.1) is 36.2 Å². The minimum Gasteiger partial charge on any atom is -0.312 e. The van der Waals surface area contributed by atoms with Gasteiger partial charge < -0.3 is 9.72 Å². The molecule has 2 N–H and O–H groups in total. The van der Waals surface area contributed by atoms with Crippen molar-refractivity contribution in [2.75, 3.05) is 5.32 Å². The van der Waals surface area contributed by atoms with Crippen molar-refractivity contribution in [3.05, 3.63) is 41.7 Å². The average molecular weight is 392 g/mol. The Kier molecular flexibility index (Phi) is 4.02. The Bertz CT molecular complexity index is 1210. The predicted molar refractivity (Wildman–Crippen MR) is 92.2 cm³/mol. The summed E-state index contributed by atoms with van der Waals surface area (Å²) in [6, 6.07) is 0. The number of hydrogen-bond acceptors (Lipinski definition) is 4. The van der Waals surface area contributed by atoms with Crippen LogP contribution in [0.5, 0.6) is 0 Å². The molecule has 1 amide bonds. The molecule has 0 spiro atoms. The molecule has 3 heterocycles. The summed E-state index contributed by atoms with van der Waals surface area (Å²) in [5.74, 6) is -0.661. The Morgan fingerprint density at radius 3 is 2.79 bits per heavy atom. The third kappa shape index (κ3) is 2.94. The number of nitrogens with one attached hydrogen (secondary N) is 2. The molecule has 0 aliphatic carbocycles. The minimum atomic E-state index is -4.57. The molecule has 1 aromatic carbocycles. The summed E-state index contributed by atoms with van der Waals surface area (Å²) >= 11 is 0. The molecule has 7 nitrogen and oxygen atoms in total. The molecule has 28 heavy (non-hydrogen) atoms. The first-order chi connectivity index (χ1) is 13.3. The van der Waals surface area contributed by atoms with Gasteiger partial charge in [-0.1, -0.05) is 0 Å². The van der Waals surface area contributed by atoms with Gasteiger partial charge in [0.25, 0.3) is 0 Å². The molecule has 0 bridgehead atoms. The molecule has 4 aromatic rings. The molecule has 3 aromatic heterocycles. The van der Waals surface area contributed by atoms with E-state index in [9.17, 15) is 22.4 Å². The Balaban J connectivity index is 1.93. The number of amides is 1. The highest BCUT2D eigenvalue weighted by atomic mass is 19.4. The lowest BCUT2D eigenvalue weighted by atomic mass is 9.95. The molecule has 0 saturated carbocycles. The van der Waals surface area contributed by atoms with Gasteiger partial charge >= 0.3 is 6.18 Å². The molecule has 0 aliphatic rings. The zero-order valence-corrected chi connectivity index (χ0v) is 14.3. The van der Waals surface area contributed by atoms with Crippen molar-refractivity contribution in [3.8, 4) is 11.3 Å². The largest absolute Gasteiger partial charge is 0.393 e. The number of rotatable bonds is 4. The van der Waals surface area contributed by atoms with E-state index < -0.39 is 24.0 Å². The standard InChI is InChI=1S/C17H12F4N6O/c1-8-14(11-5-27-6-12(23-7-28)25-13(27)4-22-11)10-3-24-26-16(10)9(15(8)18)2-17(19,20)21/h3-7H,2H2,1H3,(H,23,28)(H,24,26). The third-order valence-electron chi connectivity index (χ3n) is 4.36. The van der Waals surface area contributed by atoms with Crippen LogP contribution in [0.1, 0.15) is 11.1 Å². The SMILES string of the molecule is Cc1c(F)c(CC(F)(F)F)c2[nH]ncc2c1-c1cn2cc(NC=O)nc2cn1. The summed E-state index contributed by atoms with van der Waals surface area (Å²) in [4.78, 5) is 18.9. The molecule has 0 atom stereocenters. The highest BCUT2D eigenvalue weighted by molar-refractivity contribution is 5.97. The first-order valence-corrected chi connectivity index (χ1v) is 8.04. The van der Waals surface area contributed by atoms with Crippen LogP contribution in [0, 0.1) is 12.7 Å². The normalized spacial score (nSPS) is 12.0. The summed E-state index contributed by atoms with van der Waals surface area (Å²) < 4.78 is 55.1. The van der Waals surface area contributed by atoms with Crippen LogP contribution in [0.15, 0.2) is 24.8 Å². The van der Waals surface area contributed by atoms with Crippen LogP contribution >= 0.6 is 0 Å². The monoisotopic (exact) mass is 392 g/mol. The second kappa shape index (κ2) is 6.29. The Labute approximate surface area is 154 Å².